The van der Waals surface area contributed by atoms with Gasteiger partial charge in [-0.05, 0) is 6.07 Å². The highest BCUT2D eigenvalue weighted by Crippen LogP contribution is 2.27. The Morgan fingerprint density at radius 1 is 1.60 bits per heavy atom. The lowest BCUT2D eigenvalue weighted by Crippen LogP contribution is -2.08. The molecule has 3 N–H and O–H groups in total. The lowest BCUT2D eigenvalue weighted by molar-refractivity contribution is -0.136. The molecule has 0 amide bonds. The smallest absolute Gasteiger partial charge is 0.309 e. The average Bonchev–Trinajstić information content (AvgIpc) is 1.99. The molecular formula is C8H7F3N2O2. The van der Waals surface area contributed by atoms with Crippen LogP contribution in [0.3, 0.4) is 0 Å². The number of nitrogens with two attached hydrogens (primary N) is 1. The Bertz CT molecular complexity index is 372. The van der Waals surface area contributed by atoms with Crippen LogP contribution < -0.4 is 5.73 Å². The third-order valence-corrected chi connectivity index (χ3v) is 1.65. The summed E-state index contributed by atoms with van der Waals surface area (Å²) in [5.41, 5.74) is 3.47. The first-order valence-corrected chi connectivity index (χ1v) is 3.86. The molecule has 0 aromatic carbocycles. The van der Waals surface area contributed by atoms with Gasteiger partial charge in [-0.15, -0.1) is 0 Å². The van der Waals surface area contributed by atoms with Crippen molar-refractivity contribution in [1.29, 1.82) is 0 Å². The summed E-state index contributed by atoms with van der Waals surface area (Å²) in [6.45, 7) is 0. The number of carboxylic acid groups (broad SMARTS) is 1. The lowest BCUT2D eigenvalue weighted by Gasteiger charge is -2.06. The number of aliphatic carboxylic acids is 1. The Morgan fingerprint density at radius 3 is 2.60 bits per heavy atom. The van der Waals surface area contributed by atoms with Crippen LogP contribution in [0.2, 0.25) is 0 Å². The minimum Gasteiger partial charge on any atom is -0.481 e. The molecule has 0 aliphatic rings. The maximum absolute atomic E-state index is 12.9. The fourth-order valence-corrected chi connectivity index (χ4v) is 1.06. The number of carbonyl (C=O) groups is 1. The molecule has 0 unspecified atom stereocenters. The third-order valence-electron chi connectivity index (χ3n) is 1.65. The van der Waals surface area contributed by atoms with Crippen LogP contribution in [0.25, 0.3) is 0 Å². The van der Waals surface area contributed by atoms with Gasteiger partial charge in [0.05, 0.1) is 17.7 Å². The number of hydrogen-bond donors (Lipinski definition) is 2. The summed E-state index contributed by atoms with van der Waals surface area (Å²) >= 11 is 0. The van der Waals surface area contributed by atoms with Gasteiger partial charge in [-0.25, -0.2) is 13.8 Å². The van der Waals surface area contributed by atoms with E-state index < -0.39 is 36.0 Å². The molecule has 1 rings (SSSR count). The molecule has 0 aliphatic heterocycles. The zero-order valence-electron chi connectivity index (χ0n) is 7.38. The van der Waals surface area contributed by atoms with Crippen molar-refractivity contribution in [1.82, 2.24) is 4.98 Å². The van der Waals surface area contributed by atoms with Crippen molar-refractivity contribution in [3.05, 3.63) is 23.3 Å². The average molecular weight is 220 g/mol. The van der Waals surface area contributed by atoms with Gasteiger partial charge in [0.15, 0.2) is 0 Å². The molecule has 0 saturated heterocycles. The molecule has 0 aliphatic carbocycles. The molecule has 1 aromatic heterocycles. The summed E-state index contributed by atoms with van der Waals surface area (Å²) in [5.74, 6) is -2.67. The topological polar surface area (TPSA) is 76.2 Å². The van der Waals surface area contributed by atoms with Gasteiger partial charge >= 0.3 is 5.97 Å². The lowest BCUT2D eigenvalue weighted by atomic mass is 10.2. The van der Waals surface area contributed by atoms with E-state index in [1.54, 1.807) is 0 Å². The molecule has 4 nitrogen and oxygen atoms in total. The SMILES string of the molecule is Nc1cc(CC(=O)O)nc(F)c1C(F)F. The molecule has 0 spiro atoms. The predicted octanol–water partition coefficient (Wildman–Crippen LogP) is 1.37. The van der Waals surface area contributed by atoms with E-state index in [-0.39, 0.29) is 5.69 Å². The fraction of sp³-hybridized carbons (Fsp3) is 0.250. The van der Waals surface area contributed by atoms with Gasteiger partial charge in [-0.3, -0.25) is 4.79 Å². The number of carboxylic acids is 1. The van der Waals surface area contributed by atoms with E-state index in [0.29, 0.717) is 0 Å². The van der Waals surface area contributed by atoms with Crippen LogP contribution in [0.5, 0.6) is 0 Å². The van der Waals surface area contributed by atoms with Gasteiger partial charge in [-0.2, -0.15) is 4.39 Å². The number of halogens is 3. The first-order valence-electron chi connectivity index (χ1n) is 3.86. The molecule has 7 heteroatoms. The van der Waals surface area contributed by atoms with E-state index in [4.69, 9.17) is 10.8 Å². The highest BCUT2D eigenvalue weighted by Gasteiger charge is 2.20. The summed E-state index contributed by atoms with van der Waals surface area (Å²) in [4.78, 5) is 13.3. The van der Waals surface area contributed by atoms with E-state index in [9.17, 15) is 18.0 Å². The Morgan fingerprint density at radius 2 is 2.20 bits per heavy atom. The van der Waals surface area contributed by atoms with Crippen molar-refractivity contribution in [2.24, 2.45) is 0 Å². The van der Waals surface area contributed by atoms with Gasteiger partial charge in [0.2, 0.25) is 5.95 Å². The summed E-state index contributed by atoms with van der Waals surface area (Å²) < 4.78 is 37.4. The molecule has 0 fully saturated rings. The van der Waals surface area contributed by atoms with Gasteiger partial charge in [0.25, 0.3) is 6.43 Å². The fourth-order valence-electron chi connectivity index (χ4n) is 1.06. The molecule has 0 bridgehead atoms. The number of aromatic nitrogens is 1. The molecule has 0 saturated carbocycles. The Kier molecular flexibility index (Phi) is 3.13. The van der Waals surface area contributed by atoms with Crippen LogP contribution in [0, 0.1) is 5.95 Å². The summed E-state index contributed by atoms with van der Waals surface area (Å²) in [7, 11) is 0. The van der Waals surface area contributed by atoms with Crippen LogP contribution in [-0.2, 0) is 11.2 Å². The normalized spacial score (nSPS) is 10.7. The first kappa shape index (κ1) is 11.3. The quantitative estimate of drug-likeness (QED) is 0.754. The van der Waals surface area contributed by atoms with Gasteiger partial charge in [0.1, 0.15) is 0 Å². The van der Waals surface area contributed by atoms with E-state index in [0.717, 1.165) is 6.07 Å². The zero-order valence-corrected chi connectivity index (χ0v) is 7.38. The third kappa shape index (κ3) is 2.58. The second-order valence-electron chi connectivity index (χ2n) is 2.78. The second kappa shape index (κ2) is 4.16. The maximum Gasteiger partial charge on any atom is 0.309 e. The first-order chi connectivity index (χ1) is 6.91. The number of pyridine rings is 1. The number of rotatable bonds is 3. The second-order valence-corrected chi connectivity index (χ2v) is 2.78. The predicted molar refractivity (Wildman–Crippen MR) is 44.9 cm³/mol. The van der Waals surface area contributed by atoms with E-state index in [2.05, 4.69) is 4.98 Å². The van der Waals surface area contributed by atoms with E-state index in [1.807, 2.05) is 0 Å². The largest absolute Gasteiger partial charge is 0.481 e. The highest BCUT2D eigenvalue weighted by molar-refractivity contribution is 5.70. The summed E-state index contributed by atoms with van der Waals surface area (Å²) in [6, 6.07) is 0.929. The van der Waals surface area contributed by atoms with Crippen LogP contribution in [0.15, 0.2) is 6.07 Å². The molecule has 0 radical (unpaired) electrons. The molecule has 15 heavy (non-hydrogen) atoms. The molecule has 1 heterocycles. The Balaban J connectivity index is 3.13. The summed E-state index contributed by atoms with van der Waals surface area (Å²) in [5, 5.41) is 8.38. The standard InChI is InChI=1S/C8H7F3N2O2/c9-7(10)6-4(12)1-3(2-5(14)15)13-8(6)11/h1,7H,2H2,(H2,12,13)(H,14,15). The molecular weight excluding hydrogens is 213 g/mol. The highest BCUT2D eigenvalue weighted by atomic mass is 19.3. The van der Waals surface area contributed by atoms with Crippen molar-refractivity contribution in [3.63, 3.8) is 0 Å². The Labute approximate surface area is 82.5 Å². The number of nitrogens with zero attached hydrogens (tertiary/aromatic N) is 1. The van der Waals surface area contributed by atoms with Crippen molar-refractivity contribution in [2.45, 2.75) is 12.8 Å². The maximum atomic E-state index is 12.9. The van der Waals surface area contributed by atoms with Crippen LogP contribution >= 0.6 is 0 Å². The number of anilines is 1. The molecule has 0 atom stereocenters. The van der Waals surface area contributed by atoms with Crippen LogP contribution in [-0.4, -0.2) is 16.1 Å². The van der Waals surface area contributed by atoms with Crippen LogP contribution in [0.4, 0.5) is 18.9 Å². The van der Waals surface area contributed by atoms with Crippen LogP contribution in [0.1, 0.15) is 17.7 Å². The minimum atomic E-state index is -3.07. The van der Waals surface area contributed by atoms with Gasteiger partial charge < -0.3 is 10.8 Å². The monoisotopic (exact) mass is 220 g/mol. The van der Waals surface area contributed by atoms with Crippen molar-refractivity contribution in [2.75, 3.05) is 5.73 Å². The van der Waals surface area contributed by atoms with Crippen molar-refractivity contribution < 1.29 is 23.1 Å². The van der Waals surface area contributed by atoms with E-state index >= 15 is 0 Å². The van der Waals surface area contributed by atoms with Crippen molar-refractivity contribution in [3.8, 4) is 0 Å². The molecule has 82 valence electrons. The summed E-state index contributed by atoms with van der Waals surface area (Å²) in [6.07, 6.45) is -3.64. The number of nitrogen functional groups attached to an aromatic ring is 1. The van der Waals surface area contributed by atoms with Gasteiger partial charge in [0, 0.05) is 5.69 Å². The Hall–Kier alpha value is -1.79. The van der Waals surface area contributed by atoms with Gasteiger partial charge in [-0.1, -0.05) is 0 Å². The minimum absolute atomic E-state index is 0.193. The molecule has 1 aromatic rings. The zero-order chi connectivity index (χ0) is 11.6. The van der Waals surface area contributed by atoms with Crippen molar-refractivity contribution >= 4 is 11.7 Å². The number of alkyl halides is 2. The number of hydrogen-bond acceptors (Lipinski definition) is 3. The van der Waals surface area contributed by atoms with E-state index in [1.165, 1.54) is 0 Å².